The van der Waals surface area contributed by atoms with E-state index in [0.29, 0.717) is 37.1 Å². The van der Waals surface area contributed by atoms with Gasteiger partial charge in [-0.25, -0.2) is 17.1 Å². The average molecular weight is 478 g/mol. The van der Waals surface area contributed by atoms with Crippen LogP contribution in [-0.4, -0.2) is 60.2 Å². The zero-order chi connectivity index (χ0) is 23.3. The van der Waals surface area contributed by atoms with Crippen LogP contribution in [0.4, 0.5) is 4.39 Å². The molecule has 1 aromatic rings. The Bertz CT molecular complexity index is 1110. The molecule has 3 aliphatic heterocycles. The Morgan fingerprint density at radius 2 is 1.76 bits per heavy atom. The molecule has 1 aliphatic carbocycles. The van der Waals surface area contributed by atoms with Crippen molar-refractivity contribution in [3.05, 3.63) is 34.6 Å². The second kappa shape index (κ2) is 8.47. The molecule has 2 saturated heterocycles. The van der Waals surface area contributed by atoms with Crippen molar-refractivity contribution in [2.45, 2.75) is 63.5 Å². The summed E-state index contributed by atoms with van der Waals surface area (Å²) in [7, 11) is -3.28. The molecular formula is C23H28FN3O5S. The van der Waals surface area contributed by atoms with Crippen molar-refractivity contribution in [3.8, 4) is 0 Å². The third-order valence-electron chi connectivity index (χ3n) is 7.60. The van der Waals surface area contributed by atoms with Gasteiger partial charge in [0.25, 0.3) is 5.91 Å². The van der Waals surface area contributed by atoms with Crippen LogP contribution in [0, 0.1) is 11.7 Å². The van der Waals surface area contributed by atoms with Crippen LogP contribution in [0.1, 0.15) is 72.3 Å². The normalized spacial score (nSPS) is 25.2. The zero-order valence-corrected chi connectivity index (χ0v) is 19.2. The van der Waals surface area contributed by atoms with Gasteiger partial charge in [0.05, 0.1) is 5.75 Å². The molecule has 178 valence electrons. The molecule has 3 amide bonds. The van der Waals surface area contributed by atoms with Crippen molar-refractivity contribution in [1.29, 1.82) is 0 Å². The van der Waals surface area contributed by atoms with Crippen molar-refractivity contribution >= 4 is 27.7 Å². The summed E-state index contributed by atoms with van der Waals surface area (Å²) in [4.78, 5) is 37.9. The van der Waals surface area contributed by atoms with E-state index < -0.39 is 33.7 Å². The van der Waals surface area contributed by atoms with Gasteiger partial charge in [-0.05, 0) is 61.1 Å². The van der Waals surface area contributed by atoms with Crippen LogP contribution in [0.15, 0.2) is 12.1 Å². The first kappa shape index (κ1) is 22.5. The van der Waals surface area contributed by atoms with Crippen molar-refractivity contribution in [3.63, 3.8) is 0 Å². The quantitative estimate of drug-likeness (QED) is 0.653. The highest BCUT2D eigenvalue weighted by Crippen LogP contribution is 2.36. The summed E-state index contributed by atoms with van der Waals surface area (Å²) in [6.45, 7) is 0.942. The molecule has 1 aromatic carbocycles. The number of nitrogens with zero attached hydrogens (tertiary/aromatic N) is 2. The van der Waals surface area contributed by atoms with E-state index in [-0.39, 0.29) is 48.4 Å². The van der Waals surface area contributed by atoms with E-state index in [1.54, 1.807) is 10.4 Å². The highest BCUT2D eigenvalue weighted by molar-refractivity contribution is 7.89. The lowest BCUT2D eigenvalue weighted by molar-refractivity contribution is -0.136. The van der Waals surface area contributed by atoms with Crippen molar-refractivity contribution in [2.24, 2.45) is 5.92 Å². The van der Waals surface area contributed by atoms with E-state index in [2.05, 4.69) is 5.32 Å². The van der Waals surface area contributed by atoms with Crippen LogP contribution in [0.25, 0.3) is 0 Å². The molecule has 0 aromatic heterocycles. The summed E-state index contributed by atoms with van der Waals surface area (Å²) < 4.78 is 41.9. The molecule has 0 bridgehead atoms. The maximum atomic E-state index is 15.0. The lowest BCUT2D eigenvalue weighted by Gasteiger charge is -2.34. The number of imide groups is 1. The number of fused-ring (bicyclic) bond motifs is 1. The number of sulfonamides is 1. The Labute approximate surface area is 192 Å². The molecule has 10 heteroatoms. The molecule has 33 heavy (non-hydrogen) atoms. The van der Waals surface area contributed by atoms with E-state index in [4.69, 9.17) is 0 Å². The fraction of sp³-hybridized carbons (Fsp3) is 0.609. The lowest BCUT2D eigenvalue weighted by Crippen LogP contribution is -2.52. The number of amides is 3. The van der Waals surface area contributed by atoms with Crippen LogP contribution in [-0.2, 0) is 26.2 Å². The summed E-state index contributed by atoms with van der Waals surface area (Å²) in [6.07, 6.45) is 4.54. The Morgan fingerprint density at radius 3 is 2.39 bits per heavy atom. The second-order valence-electron chi connectivity index (χ2n) is 9.68. The first-order valence-electron chi connectivity index (χ1n) is 11.7. The molecule has 5 rings (SSSR count). The minimum atomic E-state index is -3.28. The largest absolute Gasteiger partial charge is 0.322 e. The monoisotopic (exact) mass is 477 g/mol. The summed E-state index contributed by atoms with van der Waals surface area (Å²) in [5.74, 6) is -1.36. The lowest BCUT2D eigenvalue weighted by atomic mass is 9.87. The standard InChI is InChI=1S/C23H28FN3O5S/c24-19-11-18-16(12-27(23(18)30)20-4-5-21(28)25-22(20)29)10-17(19)15-6-8-26(9-7-15)33(31,32)13-14-2-1-3-14/h10-11,14-15,20H,1-9,12-13H2,(H,25,28,29). The number of carbonyl (C=O) groups excluding carboxylic acids is 3. The number of piperidine rings is 2. The highest BCUT2D eigenvalue weighted by atomic mass is 32.2. The Morgan fingerprint density at radius 1 is 1.03 bits per heavy atom. The van der Waals surface area contributed by atoms with Crippen molar-refractivity contribution < 1.29 is 27.2 Å². The van der Waals surface area contributed by atoms with Crippen LogP contribution in [0.3, 0.4) is 0 Å². The predicted octanol–water partition coefficient (Wildman–Crippen LogP) is 1.90. The molecule has 8 nitrogen and oxygen atoms in total. The minimum Gasteiger partial charge on any atom is -0.322 e. The van der Waals surface area contributed by atoms with Gasteiger partial charge in [0.1, 0.15) is 11.9 Å². The minimum absolute atomic E-state index is 0.120. The van der Waals surface area contributed by atoms with Gasteiger partial charge in [0, 0.05) is 31.6 Å². The summed E-state index contributed by atoms with van der Waals surface area (Å²) in [6, 6.07) is 2.22. The average Bonchev–Trinajstić information content (AvgIpc) is 3.06. The molecule has 0 radical (unpaired) electrons. The molecule has 0 spiro atoms. The number of benzene rings is 1. The number of hydrogen-bond acceptors (Lipinski definition) is 5. The van der Waals surface area contributed by atoms with E-state index in [1.165, 1.54) is 11.0 Å². The van der Waals surface area contributed by atoms with Gasteiger partial charge in [-0.2, -0.15) is 0 Å². The SMILES string of the molecule is O=C1CCC(N2Cc3cc(C4CCN(S(=O)(=O)CC5CCC5)CC4)c(F)cc3C2=O)C(=O)N1. The predicted molar refractivity (Wildman–Crippen MR) is 117 cm³/mol. The summed E-state index contributed by atoms with van der Waals surface area (Å²) >= 11 is 0. The van der Waals surface area contributed by atoms with Gasteiger partial charge in [0.15, 0.2) is 0 Å². The second-order valence-corrected chi connectivity index (χ2v) is 11.7. The number of nitrogens with one attached hydrogen (secondary N) is 1. The smallest absolute Gasteiger partial charge is 0.255 e. The molecule has 3 fully saturated rings. The Balaban J connectivity index is 1.28. The fourth-order valence-electron chi connectivity index (χ4n) is 5.43. The maximum Gasteiger partial charge on any atom is 0.255 e. The van der Waals surface area contributed by atoms with Crippen molar-refractivity contribution in [2.75, 3.05) is 18.8 Å². The summed E-state index contributed by atoms with van der Waals surface area (Å²) in [5.41, 5.74) is 1.42. The van der Waals surface area contributed by atoms with Crippen LogP contribution in [0.2, 0.25) is 0 Å². The van der Waals surface area contributed by atoms with E-state index >= 15 is 4.39 Å². The number of hydrogen-bond donors (Lipinski definition) is 1. The van der Waals surface area contributed by atoms with Gasteiger partial charge in [0.2, 0.25) is 21.8 Å². The molecule has 4 aliphatic rings. The Kier molecular flexibility index (Phi) is 5.76. The molecular weight excluding hydrogens is 449 g/mol. The Hall–Kier alpha value is -2.33. The topological polar surface area (TPSA) is 104 Å². The first-order chi connectivity index (χ1) is 15.7. The maximum absolute atomic E-state index is 15.0. The van der Waals surface area contributed by atoms with E-state index in [1.807, 2.05) is 0 Å². The van der Waals surface area contributed by atoms with Gasteiger partial charge in [-0.1, -0.05) is 12.5 Å². The third kappa shape index (κ3) is 4.19. The van der Waals surface area contributed by atoms with Gasteiger partial charge >= 0.3 is 0 Å². The van der Waals surface area contributed by atoms with Gasteiger partial charge < -0.3 is 4.90 Å². The number of carbonyl (C=O) groups is 3. The van der Waals surface area contributed by atoms with E-state index in [9.17, 15) is 22.8 Å². The molecule has 1 saturated carbocycles. The van der Waals surface area contributed by atoms with Crippen LogP contribution in [0.5, 0.6) is 0 Å². The number of rotatable bonds is 5. The molecule has 1 unspecified atom stereocenters. The zero-order valence-electron chi connectivity index (χ0n) is 18.4. The van der Waals surface area contributed by atoms with E-state index in [0.717, 1.165) is 19.3 Å². The number of halogens is 1. The highest BCUT2D eigenvalue weighted by Gasteiger charge is 2.40. The third-order valence-corrected chi connectivity index (χ3v) is 9.64. The van der Waals surface area contributed by atoms with Gasteiger partial charge in [-0.15, -0.1) is 0 Å². The first-order valence-corrected chi connectivity index (χ1v) is 13.3. The van der Waals surface area contributed by atoms with Crippen molar-refractivity contribution in [1.82, 2.24) is 14.5 Å². The summed E-state index contributed by atoms with van der Waals surface area (Å²) in [5, 5.41) is 2.26. The molecule has 1 N–H and O–H groups in total. The fourth-order valence-corrected chi connectivity index (χ4v) is 7.34. The van der Waals surface area contributed by atoms with Crippen LogP contribution < -0.4 is 5.32 Å². The molecule has 1 atom stereocenters. The van der Waals surface area contributed by atoms with Gasteiger partial charge in [-0.3, -0.25) is 19.7 Å². The molecule has 3 heterocycles. The van der Waals surface area contributed by atoms with Crippen LogP contribution >= 0.6 is 0 Å².